The highest BCUT2D eigenvalue weighted by Crippen LogP contribution is 2.38. The van der Waals surface area contributed by atoms with Crippen molar-refractivity contribution in [3.8, 4) is 5.75 Å². The van der Waals surface area contributed by atoms with Crippen molar-refractivity contribution >= 4 is 15.9 Å². The molecule has 2 nitrogen and oxygen atoms in total. The Morgan fingerprint density at radius 1 is 1.22 bits per heavy atom. The van der Waals surface area contributed by atoms with Gasteiger partial charge in [-0.25, -0.2) is 0 Å². The number of hydrogen-bond donors (Lipinski definition) is 1. The average molecular weight is 310 g/mol. The first kappa shape index (κ1) is 12.5. The van der Waals surface area contributed by atoms with Gasteiger partial charge in [0.2, 0.25) is 0 Å². The summed E-state index contributed by atoms with van der Waals surface area (Å²) < 4.78 is 0.806. The molecule has 0 aromatic heterocycles. The maximum atomic E-state index is 10.1. The normalized spacial score (nSPS) is 28.3. The summed E-state index contributed by atoms with van der Waals surface area (Å²) in [5, 5.41) is 10.1. The molecule has 2 atom stereocenters. The number of para-hydroxylation sites is 1. The van der Waals surface area contributed by atoms with E-state index in [1.807, 2.05) is 18.2 Å². The van der Waals surface area contributed by atoms with Gasteiger partial charge < -0.3 is 5.11 Å². The van der Waals surface area contributed by atoms with Crippen LogP contribution < -0.4 is 0 Å². The lowest BCUT2D eigenvalue weighted by molar-refractivity contribution is 0.105. The fourth-order valence-electron chi connectivity index (χ4n) is 3.66. The fourth-order valence-corrected chi connectivity index (χ4v) is 4.07. The molecule has 1 aliphatic carbocycles. The summed E-state index contributed by atoms with van der Waals surface area (Å²) in [4.78, 5) is 2.59. The topological polar surface area (TPSA) is 23.5 Å². The van der Waals surface area contributed by atoms with E-state index < -0.39 is 0 Å². The Morgan fingerprint density at radius 2 is 2.06 bits per heavy atom. The Balaban J connectivity index is 1.77. The Hall–Kier alpha value is -0.540. The maximum Gasteiger partial charge on any atom is 0.134 e. The van der Waals surface area contributed by atoms with Gasteiger partial charge in [0.1, 0.15) is 5.75 Å². The van der Waals surface area contributed by atoms with Gasteiger partial charge in [0.25, 0.3) is 0 Å². The van der Waals surface area contributed by atoms with Crippen molar-refractivity contribution in [3.05, 3.63) is 28.2 Å². The summed E-state index contributed by atoms with van der Waals surface area (Å²) >= 11 is 3.40. The van der Waals surface area contributed by atoms with Gasteiger partial charge in [-0.15, -0.1) is 0 Å². The number of phenols is 1. The SMILES string of the molecule is Oc1c(Br)cccc1CN1CCCC2CCCC21. The molecule has 3 heteroatoms. The van der Waals surface area contributed by atoms with E-state index in [4.69, 9.17) is 0 Å². The molecule has 1 saturated heterocycles. The van der Waals surface area contributed by atoms with Crippen LogP contribution in [0, 0.1) is 5.92 Å². The van der Waals surface area contributed by atoms with Crippen LogP contribution in [0.4, 0.5) is 0 Å². The molecule has 1 N–H and O–H groups in total. The monoisotopic (exact) mass is 309 g/mol. The molecule has 2 aliphatic rings. The van der Waals surface area contributed by atoms with Crippen LogP contribution in [0.1, 0.15) is 37.7 Å². The standard InChI is InChI=1S/C15H20BrNO/c16-13-7-1-5-12(15(13)18)10-17-9-3-6-11-4-2-8-14(11)17/h1,5,7,11,14,18H,2-4,6,8-10H2. The van der Waals surface area contributed by atoms with E-state index >= 15 is 0 Å². The lowest BCUT2D eigenvalue weighted by atomic mass is 9.91. The van der Waals surface area contributed by atoms with E-state index in [9.17, 15) is 5.11 Å². The number of benzene rings is 1. The van der Waals surface area contributed by atoms with E-state index in [-0.39, 0.29) is 0 Å². The minimum absolute atomic E-state index is 0.414. The van der Waals surface area contributed by atoms with Crippen molar-refractivity contribution in [2.24, 2.45) is 5.92 Å². The largest absolute Gasteiger partial charge is 0.506 e. The molecular formula is C15H20BrNO. The van der Waals surface area contributed by atoms with Crippen molar-refractivity contribution in [2.75, 3.05) is 6.54 Å². The van der Waals surface area contributed by atoms with E-state index in [2.05, 4.69) is 20.8 Å². The third-order valence-electron chi connectivity index (χ3n) is 4.55. The van der Waals surface area contributed by atoms with Crippen LogP contribution in [0.15, 0.2) is 22.7 Å². The van der Waals surface area contributed by atoms with Crippen LogP contribution in [-0.2, 0) is 6.54 Å². The quantitative estimate of drug-likeness (QED) is 0.895. The van der Waals surface area contributed by atoms with Crippen molar-refractivity contribution in [3.63, 3.8) is 0 Å². The molecule has 0 radical (unpaired) electrons. The van der Waals surface area contributed by atoms with E-state index in [0.29, 0.717) is 5.75 Å². The Morgan fingerprint density at radius 3 is 2.94 bits per heavy atom. The summed E-state index contributed by atoms with van der Waals surface area (Å²) in [7, 11) is 0. The number of phenolic OH excluding ortho intramolecular Hbond substituents is 1. The molecular weight excluding hydrogens is 290 g/mol. The second-order valence-corrected chi connectivity index (χ2v) is 6.47. The van der Waals surface area contributed by atoms with Gasteiger partial charge in [-0.2, -0.15) is 0 Å². The molecule has 2 fully saturated rings. The molecule has 1 aliphatic heterocycles. The summed E-state index contributed by atoms with van der Waals surface area (Å²) in [5.74, 6) is 1.32. The molecule has 1 aromatic rings. The van der Waals surface area contributed by atoms with Crippen LogP contribution >= 0.6 is 15.9 Å². The van der Waals surface area contributed by atoms with Gasteiger partial charge in [-0.05, 0) is 60.1 Å². The average Bonchev–Trinajstić information content (AvgIpc) is 2.84. The van der Waals surface area contributed by atoms with Crippen LogP contribution in [0.25, 0.3) is 0 Å². The highest BCUT2D eigenvalue weighted by Gasteiger charge is 2.34. The van der Waals surface area contributed by atoms with Crippen molar-refractivity contribution in [2.45, 2.75) is 44.7 Å². The number of nitrogens with zero attached hydrogens (tertiary/aromatic N) is 1. The molecule has 98 valence electrons. The van der Waals surface area contributed by atoms with Crippen molar-refractivity contribution in [1.29, 1.82) is 0 Å². The molecule has 1 heterocycles. The number of fused-ring (bicyclic) bond motifs is 1. The zero-order valence-corrected chi connectivity index (χ0v) is 12.2. The maximum absolute atomic E-state index is 10.1. The summed E-state index contributed by atoms with van der Waals surface area (Å²) in [5.41, 5.74) is 1.05. The first-order valence-electron chi connectivity index (χ1n) is 6.96. The molecule has 3 rings (SSSR count). The first-order chi connectivity index (χ1) is 8.75. The van der Waals surface area contributed by atoms with Gasteiger partial charge in [0.15, 0.2) is 0 Å². The molecule has 2 unspecified atom stereocenters. The van der Waals surface area contributed by atoms with E-state index in [1.165, 1.54) is 38.6 Å². The number of hydrogen-bond acceptors (Lipinski definition) is 2. The second kappa shape index (κ2) is 5.22. The fraction of sp³-hybridized carbons (Fsp3) is 0.600. The highest BCUT2D eigenvalue weighted by molar-refractivity contribution is 9.10. The highest BCUT2D eigenvalue weighted by atomic mass is 79.9. The van der Waals surface area contributed by atoms with Crippen LogP contribution in [0.3, 0.4) is 0 Å². The van der Waals surface area contributed by atoms with Crippen molar-refractivity contribution < 1.29 is 5.11 Å². The molecule has 1 aromatic carbocycles. The van der Waals surface area contributed by atoms with Gasteiger partial charge in [0, 0.05) is 18.2 Å². The Kier molecular flexibility index (Phi) is 3.62. The van der Waals surface area contributed by atoms with Gasteiger partial charge in [-0.3, -0.25) is 4.90 Å². The number of aromatic hydroxyl groups is 1. The summed E-state index contributed by atoms with van der Waals surface area (Å²) in [6.45, 7) is 2.08. The minimum atomic E-state index is 0.414. The summed E-state index contributed by atoms with van der Waals surface area (Å²) in [6.07, 6.45) is 6.86. The molecule has 0 amide bonds. The zero-order valence-electron chi connectivity index (χ0n) is 10.6. The lowest BCUT2D eigenvalue weighted by Crippen LogP contribution is -2.41. The number of rotatable bonds is 2. The number of piperidine rings is 1. The van der Waals surface area contributed by atoms with Gasteiger partial charge in [0.05, 0.1) is 4.47 Å². The predicted molar refractivity (Wildman–Crippen MR) is 76.6 cm³/mol. The predicted octanol–water partition coefficient (Wildman–Crippen LogP) is 3.92. The molecule has 0 bridgehead atoms. The van der Waals surface area contributed by atoms with Crippen molar-refractivity contribution in [1.82, 2.24) is 4.90 Å². The number of likely N-dealkylation sites (tertiary alicyclic amines) is 1. The molecule has 18 heavy (non-hydrogen) atoms. The van der Waals surface area contributed by atoms with Crippen LogP contribution in [0.5, 0.6) is 5.75 Å². The number of halogens is 1. The molecule has 0 spiro atoms. The van der Waals surface area contributed by atoms with Crippen LogP contribution in [-0.4, -0.2) is 22.6 Å². The summed E-state index contributed by atoms with van der Waals surface area (Å²) in [6, 6.07) is 6.71. The van der Waals surface area contributed by atoms with Crippen LogP contribution in [0.2, 0.25) is 0 Å². The molecule has 1 saturated carbocycles. The lowest BCUT2D eigenvalue weighted by Gasteiger charge is -2.37. The Labute approximate surface area is 117 Å². The van der Waals surface area contributed by atoms with Gasteiger partial charge in [-0.1, -0.05) is 18.6 Å². The third kappa shape index (κ3) is 2.30. The second-order valence-electron chi connectivity index (χ2n) is 5.62. The van der Waals surface area contributed by atoms with E-state index in [1.54, 1.807) is 0 Å². The first-order valence-corrected chi connectivity index (χ1v) is 7.75. The third-order valence-corrected chi connectivity index (χ3v) is 5.19. The minimum Gasteiger partial charge on any atom is -0.506 e. The van der Waals surface area contributed by atoms with E-state index in [0.717, 1.165) is 28.5 Å². The zero-order chi connectivity index (χ0) is 12.5. The smallest absolute Gasteiger partial charge is 0.134 e. The van der Waals surface area contributed by atoms with Gasteiger partial charge >= 0.3 is 0 Å². The Bertz CT molecular complexity index is 435.